The Bertz CT molecular complexity index is 2230. The largest absolute Gasteiger partial charge is 0.508 e. The van der Waals surface area contributed by atoms with Crippen LogP contribution in [0.3, 0.4) is 0 Å². The molecule has 2 aliphatic heterocycles. The Hall–Kier alpha value is -6.26. The number of fused-ring (bicyclic) bond motifs is 1. The summed E-state index contributed by atoms with van der Waals surface area (Å²) in [6.45, 7) is 2.73. The van der Waals surface area contributed by atoms with Crippen molar-refractivity contribution in [2.75, 3.05) is 70.5 Å². The second kappa shape index (κ2) is 22.5. The molecule has 16 heteroatoms. The first kappa shape index (κ1) is 45.3. The third-order valence-corrected chi connectivity index (χ3v) is 10.3. The minimum atomic E-state index is -1.03. The highest BCUT2D eigenvalue weighted by Crippen LogP contribution is 2.37. The van der Waals surface area contributed by atoms with Crippen LogP contribution >= 0.6 is 11.6 Å². The Balaban J connectivity index is 0.824. The Labute approximate surface area is 363 Å². The highest BCUT2D eigenvalue weighted by atomic mass is 35.5. The molecule has 1 fully saturated rings. The SMILES string of the molecule is O=C(CCOCCOCCOCCNc1cccc2c1C(=O)N(C1CCC(=O)NC1=O)C2=O)NCCOc1ccc(C(=C(CCCl)c2ccc(O)cc2)c2ccc(O)cc2)cc1. The van der Waals surface area contributed by atoms with E-state index in [4.69, 9.17) is 30.5 Å². The van der Waals surface area contributed by atoms with E-state index in [9.17, 15) is 34.2 Å². The van der Waals surface area contributed by atoms with Gasteiger partial charge in [0.15, 0.2) is 0 Å². The van der Waals surface area contributed by atoms with Crippen LogP contribution in [0.2, 0.25) is 0 Å². The lowest BCUT2D eigenvalue weighted by atomic mass is 9.88. The number of nitrogens with zero attached hydrogens (tertiary/aromatic N) is 1. The van der Waals surface area contributed by atoms with E-state index in [-0.39, 0.29) is 61.0 Å². The molecule has 326 valence electrons. The van der Waals surface area contributed by atoms with Crippen LogP contribution in [0.5, 0.6) is 17.2 Å². The normalized spacial score (nSPS) is 15.2. The summed E-state index contributed by atoms with van der Waals surface area (Å²) in [6.07, 6.45) is 0.893. The van der Waals surface area contributed by atoms with Crippen LogP contribution in [-0.2, 0) is 28.6 Å². The van der Waals surface area contributed by atoms with Crippen LogP contribution < -0.4 is 20.7 Å². The van der Waals surface area contributed by atoms with Gasteiger partial charge in [0.25, 0.3) is 11.8 Å². The molecule has 5 amide bonds. The van der Waals surface area contributed by atoms with E-state index in [1.165, 1.54) is 6.07 Å². The predicted octanol–water partition coefficient (Wildman–Crippen LogP) is 5.13. The average Bonchev–Trinajstić information content (AvgIpc) is 3.52. The Morgan fingerprint density at radius 2 is 1.32 bits per heavy atom. The van der Waals surface area contributed by atoms with Crippen molar-refractivity contribution in [2.24, 2.45) is 0 Å². The second-order valence-electron chi connectivity index (χ2n) is 14.3. The maximum Gasteiger partial charge on any atom is 0.264 e. The number of rotatable bonds is 23. The average molecular weight is 869 g/mol. The van der Waals surface area contributed by atoms with E-state index < -0.39 is 29.7 Å². The minimum absolute atomic E-state index is 0.0494. The molecule has 2 aliphatic rings. The van der Waals surface area contributed by atoms with Gasteiger partial charge in [0.05, 0.1) is 57.3 Å². The van der Waals surface area contributed by atoms with Crippen molar-refractivity contribution in [1.82, 2.24) is 15.5 Å². The van der Waals surface area contributed by atoms with Gasteiger partial charge in [0.2, 0.25) is 17.7 Å². The lowest BCUT2D eigenvalue weighted by molar-refractivity contribution is -0.136. The molecule has 15 nitrogen and oxygen atoms in total. The quantitative estimate of drug-likeness (QED) is 0.0285. The standard InChI is InChI=1S/C46H49ClN4O11/c47-20-18-36(30-4-10-33(52)11-5-30)42(31-6-12-34(53)13-7-31)32-8-14-35(15-9-32)62-25-22-49-40(54)19-23-59-26-28-61-29-27-60-24-21-48-38-3-1-2-37-43(38)46(58)51(45(37)57)39-16-17-41(55)50-44(39)56/h1-15,39,48,52-53H,16-29H2,(H,49,54)(H,50,55,56). The van der Waals surface area contributed by atoms with Crippen LogP contribution in [-0.4, -0.2) is 116 Å². The number of halogens is 1. The highest BCUT2D eigenvalue weighted by molar-refractivity contribution is 6.25. The number of amides is 5. The van der Waals surface area contributed by atoms with Gasteiger partial charge in [-0.3, -0.25) is 34.2 Å². The fraction of sp³-hybridized carbons (Fsp3) is 0.326. The molecule has 4 aromatic rings. The maximum atomic E-state index is 13.2. The number of carbonyl (C=O) groups is 5. The van der Waals surface area contributed by atoms with Gasteiger partial charge >= 0.3 is 0 Å². The summed E-state index contributed by atoms with van der Waals surface area (Å²) in [5.41, 5.74) is 5.51. The number of hydrogen-bond donors (Lipinski definition) is 5. The summed E-state index contributed by atoms with van der Waals surface area (Å²) in [5, 5.41) is 27.9. The molecule has 4 aromatic carbocycles. The Kier molecular flexibility index (Phi) is 16.5. The summed E-state index contributed by atoms with van der Waals surface area (Å²) < 4.78 is 22.6. The van der Waals surface area contributed by atoms with Gasteiger partial charge in [-0.2, -0.15) is 0 Å². The summed E-state index contributed by atoms with van der Waals surface area (Å²) in [6, 6.07) is 25.4. The van der Waals surface area contributed by atoms with Gasteiger partial charge in [-0.05, 0) is 89.2 Å². The van der Waals surface area contributed by atoms with E-state index in [2.05, 4.69) is 16.0 Å². The first-order valence-corrected chi connectivity index (χ1v) is 20.9. The van der Waals surface area contributed by atoms with Crippen LogP contribution in [0.4, 0.5) is 5.69 Å². The number of imide groups is 2. The van der Waals surface area contributed by atoms with Gasteiger partial charge in [0, 0.05) is 31.0 Å². The molecule has 0 aromatic heterocycles. The van der Waals surface area contributed by atoms with Gasteiger partial charge in [-0.1, -0.05) is 42.5 Å². The molecule has 1 atom stereocenters. The summed E-state index contributed by atoms with van der Waals surface area (Å²) >= 11 is 6.25. The first-order chi connectivity index (χ1) is 30.1. The number of allylic oxidation sites excluding steroid dienone is 1. The zero-order valence-electron chi connectivity index (χ0n) is 34.0. The van der Waals surface area contributed by atoms with Crippen molar-refractivity contribution >= 4 is 58.0 Å². The number of anilines is 1. The summed E-state index contributed by atoms with van der Waals surface area (Å²) in [5.74, 6) is -1.05. The molecular weight excluding hydrogens is 820 g/mol. The molecule has 62 heavy (non-hydrogen) atoms. The topological polar surface area (TPSA) is 202 Å². The van der Waals surface area contributed by atoms with Crippen molar-refractivity contribution in [2.45, 2.75) is 31.7 Å². The van der Waals surface area contributed by atoms with E-state index in [0.717, 1.165) is 32.7 Å². The molecule has 1 saturated heterocycles. The number of ether oxygens (including phenoxy) is 4. The molecule has 2 heterocycles. The number of phenols is 2. The predicted molar refractivity (Wildman–Crippen MR) is 231 cm³/mol. The molecule has 0 saturated carbocycles. The number of alkyl halides is 1. The fourth-order valence-corrected chi connectivity index (χ4v) is 7.30. The number of benzene rings is 4. The van der Waals surface area contributed by atoms with E-state index in [0.29, 0.717) is 69.9 Å². The third-order valence-electron chi connectivity index (χ3n) is 10.1. The van der Waals surface area contributed by atoms with Crippen molar-refractivity contribution < 1.29 is 53.1 Å². The lowest BCUT2D eigenvalue weighted by Gasteiger charge is -2.27. The van der Waals surface area contributed by atoms with Crippen molar-refractivity contribution in [3.05, 3.63) is 119 Å². The molecule has 0 aliphatic carbocycles. The number of aromatic hydroxyl groups is 2. The van der Waals surface area contributed by atoms with Crippen LogP contribution in [0.1, 0.15) is 63.1 Å². The van der Waals surface area contributed by atoms with Crippen molar-refractivity contribution in [1.29, 1.82) is 0 Å². The molecule has 5 N–H and O–H groups in total. The molecule has 0 bridgehead atoms. The van der Waals surface area contributed by atoms with Crippen LogP contribution in [0.25, 0.3) is 11.1 Å². The smallest absolute Gasteiger partial charge is 0.264 e. The van der Waals surface area contributed by atoms with Crippen LogP contribution in [0, 0.1) is 0 Å². The van der Waals surface area contributed by atoms with E-state index >= 15 is 0 Å². The zero-order chi connectivity index (χ0) is 43.8. The van der Waals surface area contributed by atoms with Gasteiger partial charge in [-0.25, -0.2) is 0 Å². The Morgan fingerprint density at radius 3 is 1.97 bits per heavy atom. The number of hydrogen-bond acceptors (Lipinski definition) is 12. The van der Waals surface area contributed by atoms with E-state index in [1.807, 2.05) is 48.5 Å². The van der Waals surface area contributed by atoms with Gasteiger partial charge < -0.3 is 39.8 Å². The maximum absolute atomic E-state index is 13.2. The lowest BCUT2D eigenvalue weighted by Crippen LogP contribution is -2.54. The van der Waals surface area contributed by atoms with Crippen LogP contribution in [0.15, 0.2) is 91.0 Å². The van der Waals surface area contributed by atoms with E-state index in [1.54, 1.807) is 36.4 Å². The van der Waals surface area contributed by atoms with Gasteiger partial charge in [0.1, 0.15) is 29.9 Å². The molecule has 0 spiro atoms. The van der Waals surface area contributed by atoms with Crippen molar-refractivity contribution in [3.63, 3.8) is 0 Å². The van der Waals surface area contributed by atoms with Crippen molar-refractivity contribution in [3.8, 4) is 17.2 Å². The second-order valence-corrected chi connectivity index (χ2v) is 14.7. The summed E-state index contributed by atoms with van der Waals surface area (Å²) in [7, 11) is 0. The molecular formula is C46H49ClN4O11. The summed E-state index contributed by atoms with van der Waals surface area (Å²) in [4.78, 5) is 63.4. The number of carbonyl (C=O) groups excluding carboxylic acids is 5. The minimum Gasteiger partial charge on any atom is -0.508 e. The first-order valence-electron chi connectivity index (χ1n) is 20.3. The number of nitrogens with one attached hydrogen (secondary N) is 3. The zero-order valence-corrected chi connectivity index (χ0v) is 34.8. The molecule has 1 unspecified atom stereocenters. The monoisotopic (exact) mass is 868 g/mol. The molecule has 0 radical (unpaired) electrons. The third kappa shape index (κ3) is 12.0. The number of piperidine rings is 1. The van der Waals surface area contributed by atoms with Gasteiger partial charge in [-0.15, -0.1) is 11.6 Å². The fourth-order valence-electron chi connectivity index (χ4n) is 7.11. The number of phenolic OH excluding ortho intramolecular Hbond substituents is 2. The molecule has 6 rings (SSSR count). The highest BCUT2D eigenvalue weighted by Gasteiger charge is 2.45. The Morgan fingerprint density at radius 1 is 0.710 bits per heavy atom.